The van der Waals surface area contributed by atoms with Crippen molar-refractivity contribution in [3.8, 4) is 0 Å². The molecule has 0 bridgehead atoms. The van der Waals surface area contributed by atoms with Crippen LogP contribution in [0.25, 0.3) is 0 Å². The molecule has 0 spiro atoms. The van der Waals surface area contributed by atoms with Crippen molar-refractivity contribution in [3.63, 3.8) is 0 Å². The van der Waals surface area contributed by atoms with E-state index < -0.39 is 0 Å². The summed E-state index contributed by atoms with van der Waals surface area (Å²) in [5.41, 5.74) is 11.0. The van der Waals surface area contributed by atoms with Crippen molar-refractivity contribution in [3.05, 3.63) is 22.0 Å². The van der Waals surface area contributed by atoms with E-state index in [0.717, 1.165) is 15.2 Å². The third kappa shape index (κ3) is 6.33. The molecule has 0 amide bonds. The summed E-state index contributed by atoms with van der Waals surface area (Å²) in [6.07, 6.45) is 13.6. The second kappa shape index (κ2) is 9.86. The first-order chi connectivity index (χ1) is 13.1. The van der Waals surface area contributed by atoms with Gasteiger partial charge in [-0.15, -0.1) is 0 Å². The maximum Gasteiger partial charge on any atom is 0.221 e. The highest BCUT2D eigenvalue weighted by Crippen LogP contribution is 2.24. The van der Waals surface area contributed by atoms with Crippen LogP contribution < -0.4 is 22.1 Å². The van der Waals surface area contributed by atoms with Crippen molar-refractivity contribution in [2.45, 2.75) is 63.5 Å². The van der Waals surface area contributed by atoms with Crippen molar-refractivity contribution < 1.29 is 0 Å². The van der Waals surface area contributed by atoms with Gasteiger partial charge >= 0.3 is 0 Å². The first-order valence-electron chi connectivity index (χ1n) is 9.50. The van der Waals surface area contributed by atoms with Crippen LogP contribution >= 0.6 is 22.6 Å². The van der Waals surface area contributed by atoms with E-state index in [1.54, 1.807) is 12.4 Å². The second-order valence-electron chi connectivity index (χ2n) is 6.98. The number of nitrogens with one attached hydrogen (secondary N) is 2. The van der Waals surface area contributed by atoms with E-state index in [9.17, 15) is 0 Å². The van der Waals surface area contributed by atoms with Crippen LogP contribution in [-0.2, 0) is 0 Å². The molecule has 6 N–H and O–H groups in total. The number of rotatable bonds is 4. The smallest absolute Gasteiger partial charge is 0.221 e. The molecule has 2 aromatic heterocycles. The molecular weight excluding hydrogens is 455 g/mol. The third-order valence-corrected chi connectivity index (χ3v) is 5.63. The number of halogens is 1. The van der Waals surface area contributed by atoms with Gasteiger partial charge in [-0.3, -0.25) is 0 Å². The van der Waals surface area contributed by atoms with E-state index >= 15 is 0 Å². The summed E-state index contributed by atoms with van der Waals surface area (Å²) in [4.78, 5) is 16.1. The van der Waals surface area contributed by atoms with E-state index in [2.05, 4.69) is 53.2 Å². The molecule has 27 heavy (non-hydrogen) atoms. The first kappa shape index (κ1) is 19.8. The lowest BCUT2D eigenvalue weighted by Crippen LogP contribution is -2.17. The largest absolute Gasteiger partial charge is 0.368 e. The van der Waals surface area contributed by atoms with E-state index in [1.807, 2.05) is 6.07 Å². The molecule has 2 aliphatic carbocycles. The average molecular weight is 482 g/mol. The van der Waals surface area contributed by atoms with E-state index in [0.29, 0.717) is 24.0 Å². The zero-order valence-electron chi connectivity index (χ0n) is 15.4. The van der Waals surface area contributed by atoms with Gasteiger partial charge in [0.05, 0.1) is 3.57 Å². The normalized spacial score (nSPS) is 17.4. The van der Waals surface area contributed by atoms with Gasteiger partial charge in [-0.05, 0) is 54.3 Å². The molecule has 0 aliphatic heterocycles. The number of hydrogen-bond acceptors (Lipinski definition) is 8. The molecule has 8 nitrogen and oxygen atoms in total. The monoisotopic (exact) mass is 482 g/mol. The molecular formula is C18H27IN8. The predicted octanol–water partition coefficient (Wildman–Crippen LogP) is 3.43. The molecule has 4 rings (SSSR count). The molecule has 2 aromatic rings. The molecule has 2 aliphatic rings. The first-order valence-corrected chi connectivity index (χ1v) is 10.6. The average Bonchev–Trinajstić information content (AvgIpc) is 3.33. The lowest BCUT2D eigenvalue weighted by Gasteiger charge is -2.13. The van der Waals surface area contributed by atoms with Gasteiger partial charge in [0.2, 0.25) is 11.9 Å². The van der Waals surface area contributed by atoms with Crippen LogP contribution in [0.5, 0.6) is 0 Å². The lowest BCUT2D eigenvalue weighted by atomic mass is 10.2. The highest BCUT2D eigenvalue weighted by Gasteiger charge is 2.16. The van der Waals surface area contributed by atoms with E-state index in [-0.39, 0.29) is 0 Å². The summed E-state index contributed by atoms with van der Waals surface area (Å²) < 4.78 is 1.03. The van der Waals surface area contributed by atoms with Crippen molar-refractivity contribution in [2.75, 3.05) is 22.1 Å². The van der Waals surface area contributed by atoms with Gasteiger partial charge in [-0.2, -0.15) is 9.97 Å². The maximum absolute atomic E-state index is 5.54. The summed E-state index contributed by atoms with van der Waals surface area (Å²) in [7, 11) is 0. The standard InChI is InChI=1S/C9H13IN4.C9H14N4/c10-7-5-12-9(11)14-8(7)13-6-3-1-2-4-6;10-9-11-6-5-8(13-9)12-7-3-1-2-4-7/h5-6H,1-4H2,(H3,11,12,13,14);5-7H,1-4H2,(H3,10,11,12,13). The summed E-state index contributed by atoms with van der Waals surface area (Å²) in [6, 6.07) is 3.00. The molecule has 0 aromatic carbocycles. The minimum Gasteiger partial charge on any atom is -0.368 e. The molecule has 2 saturated carbocycles. The Morgan fingerprint density at radius 2 is 1.44 bits per heavy atom. The van der Waals surface area contributed by atoms with Crippen LogP contribution in [0.1, 0.15) is 51.4 Å². The Labute approximate surface area is 173 Å². The Morgan fingerprint density at radius 3 is 2.07 bits per heavy atom. The van der Waals surface area contributed by atoms with Gasteiger partial charge in [0.1, 0.15) is 11.6 Å². The summed E-state index contributed by atoms with van der Waals surface area (Å²) in [6.45, 7) is 0. The van der Waals surface area contributed by atoms with Gasteiger partial charge in [0.25, 0.3) is 0 Å². The topological polar surface area (TPSA) is 128 Å². The quantitative estimate of drug-likeness (QED) is 0.488. The number of aromatic nitrogens is 4. The maximum atomic E-state index is 5.54. The van der Waals surface area contributed by atoms with Crippen LogP contribution in [0.15, 0.2) is 18.5 Å². The predicted molar refractivity (Wildman–Crippen MR) is 117 cm³/mol. The van der Waals surface area contributed by atoms with E-state index in [1.165, 1.54) is 51.4 Å². The fraction of sp³-hybridized carbons (Fsp3) is 0.556. The minimum atomic E-state index is 0.336. The van der Waals surface area contributed by atoms with Crippen molar-refractivity contribution >= 4 is 46.1 Å². The number of nitrogens with two attached hydrogens (primary N) is 2. The Bertz CT molecular complexity index is 729. The van der Waals surface area contributed by atoms with Gasteiger partial charge in [-0.25, -0.2) is 9.97 Å². The minimum absolute atomic E-state index is 0.336. The van der Waals surface area contributed by atoms with E-state index in [4.69, 9.17) is 11.5 Å². The molecule has 0 saturated heterocycles. The molecule has 0 unspecified atom stereocenters. The number of anilines is 4. The van der Waals surface area contributed by atoms with Gasteiger partial charge in [0, 0.05) is 24.5 Å². The van der Waals surface area contributed by atoms with Crippen molar-refractivity contribution in [2.24, 2.45) is 0 Å². The molecule has 0 atom stereocenters. The van der Waals surface area contributed by atoms with Crippen LogP contribution in [0.2, 0.25) is 0 Å². The Hall–Kier alpha value is -1.91. The second-order valence-corrected chi connectivity index (χ2v) is 8.14. The lowest BCUT2D eigenvalue weighted by molar-refractivity contribution is 0.749. The fourth-order valence-electron chi connectivity index (χ4n) is 3.48. The Balaban J connectivity index is 0.000000156. The summed E-state index contributed by atoms with van der Waals surface area (Å²) in [5, 5.41) is 6.76. The van der Waals surface area contributed by atoms with Crippen LogP contribution in [0.3, 0.4) is 0 Å². The Kier molecular flexibility index (Phi) is 7.25. The highest BCUT2D eigenvalue weighted by molar-refractivity contribution is 14.1. The molecule has 9 heteroatoms. The fourth-order valence-corrected chi connectivity index (χ4v) is 3.89. The van der Waals surface area contributed by atoms with Gasteiger partial charge in [0.15, 0.2) is 0 Å². The van der Waals surface area contributed by atoms with Crippen molar-refractivity contribution in [1.29, 1.82) is 0 Å². The number of nitrogens with zero attached hydrogens (tertiary/aromatic N) is 4. The van der Waals surface area contributed by atoms with Gasteiger partial charge in [-0.1, -0.05) is 25.7 Å². The highest BCUT2D eigenvalue weighted by atomic mass is 127. The molecule has 0 radical (unpaired) electrons. The van der Waals surface area contributed by atoms with Crippen molar-refractivity contribution in [1.82, 2.24) is 19.9 Å². The molecule has 146 valence electrons. The zero-order chi connectivity index (χ0) is 19.1. The molecule has 2 heterocycles. The van der Waals surface area contributed by atoms with Crippen LogP contribution in [0.4, 0.5) is 23.5 Å². The zero-order valence-corrected chi connectivity index (χ0v) is 17.5. The third-order valence-electron chi connectivity index (χ3n) is 4.84. The SMILES string of the molecule is Nc1ncc(I)c(NC2CCCC2)n1.Nc1nccc(NC2CCCC2)n1. The Morgan fingerprint density at radius 1 is 0.852 bits per heavy atom. The number of nitrogen functional groups attached to an aromatic ring is 2. The molecule has 2 fully saturated rings. The summed E-state index contributed by atoms with van der Waals surface area (Å²) in [5.74, 6) is 2.40. The summed E-state index contributed by atoms with van der Waals surface area (Å²) >= 11 is 2.22. The van der Waals surface area contributed by atoms with Gasteiger partial charge < -0.3 is 22.1 Å². The van der Waals surface area contributed by atoms with Crippen LogP contribution in [0, 0.1) is 3.57 Å². The van der Waals surface area contributed by atoms with Crippen LogP contribution in [-0.4, -0.2) is 32.0 Å². The number of hydrogen-bond donors (Lipinski definition) is 4.